The van der Waals surface area contributed by atoms with Gasteiger partial charge >= 0.3 is 5.69 Å². The highest BCUT2D eigenvalue weighted by molar-refractivity contribution is 7.99. The molecule has 0 atom stereocenters. The Bertz CT molecular complexity index is 556. The number of rotatable bonds is 5. The first-order chi connectivity index (χ1) is 8.22. The highest BCUT2D eigenvalue weighted by Crippen LogP contribution is 2.17. The Balaban J connectivity index is 2.03. The lowest BCUT2D eigenvalue weighted by molar-refractivity contribution is 0.102. The second kappa shape index (κ2) is 5.33. The van der Waals surface area contributed by atoms with Crippen molar-refractivity contribution in [2.24, 2.45) is 0 Å². The van der Waals surface area contributed by atoms with E-state index in [0.717, 1.165) is 4.88 Å². The SMILES string of the molecule is CCn1c(SCC(=O)c2cccs2)n[nH]c1=O. The molecule has 0 aromatic carbocycles. The van der Waals surface area contributed by atoms with Crippen LogP contribution in [0.1, 0.15) is 16.6 Å². The fraction of sp³-hybridized carbons (Fsp3) is 0.300. The van der Waals surface area contributed by atoms with E-state index >= 15 is 0 Å². The molecule has 0 amide bonds. The summed E-state index contributed by atoms with van der Waals surface area (Å²) in [5, 5.41) is 8.68. The number of aromatic nitrogens is 3. The van der Waals surface area contributed by atoms with Gasteiger partial charge in [0.15, 0.2) is 10.9 Å². The van der Waals surface area contributed by atoms with Crippen LogP contribution in [0.3, 0.4) is 0 Å². The Kier molecular flexibility index (Phi) is 3.80. The van der Waals surface area contributed by atoms with Gasteiger partial charge in [-0.15, -0.1) is 16.4 Å². The molecule has 17 heavy (non-hydrogen) atoms. The van der Waals surface area contributed by atoms with E-state index in [2.05, 4.69) is 10.2 Å². The molecular formula is C10H11N3O2S2. The summed E-state index contributed by atoms with van der Waals surface area (Å²) >= 11 is 2.70. The Hall–Kier alpha value is -1.34. The van der Waals surface area contributed by atoms with Crippen LogP contribution in [-0.4, -0.2) is 26.3 Å². The third-order valence-corrected chi connectivity index (χ3v) is 4.06. The van der Waals surface area contributed by atoms with Crippen molar-refractivity contribution in [2.45, 2.75) is 18.6 Å². The minimum atomic E-state index is -0.237. The molecular weight excluding hydrogens is 258 g/mol. The molecule has 5 nitrogen and oxygen atoms in total. The van der Waals surface area contributed by atoms with E-state index in [4.69, 9.17) is 0 Å². The van der Waals surface area contributed by atoms with E-state index in [1.54, 1.807) is 6.07 Å². The number of Topliss-reactive ketones (excluding diaryl/α,β-unsaturated/α-hetero) is 1. The van der Waals surface area contributed by atoms with Gasteiger partial charge in [-0.25, -0.2) is 9.89 Å². The zero-order chi connectivity index (χ0) is 12.3. The monoisotopic (exact) mass is 269 g/mol. The van der Waals surface area contributed by atoms with Crippen molar-refractivity contribution in [3.63, 3.8) is 0 Å². The van der Waals surface area contributed by atoms with Crippen LogP contribution in [0.15, 0.2) is 27.5 Å². The predicted molar refractivity (Wildman–Crippen MR) is 67.9 cm³/mol. The minimum Gasteiger partial charge on any atom is -0.292 e. The number of thioether (sulfide) groups is 1. The number of ketones is 1. The van der Waals surface area contributed by atoms with Gasteiger partial charge in [-0.3, -0.25) is 9.36 Å². The third-order valence-electron chi connectivity index (χ3n) is 2.17. The fourth-order valence-electron chi connectivity index (χ4n) is 1.33. The minimum absolute atomic E-state index is 0.0584. The molecule has 0 aliphatic heterocycles. The average molecular weight is 269 g/mol. The summed E-state index contributed by atoms with van der Waals surface area (Å²) in [6.45, 7) is 2.41. The Morgan fingerprint density at radius 1 is 1.65 bits per heavy atom. The lowest BCUT2D eigenvalue weighted by Crippen LogP contribution is -2.16. The number of aromatic amines is 1. The summed E-state index contributed by atoms with van der Waals surface area (Å²) in [4.78, 5) is 23.8. The summed E-state index contributed by atoms with van der Waals surface area (Å²) < 4.78 is 1.51. The Labute approximate surface area is 106 Å². The normalized spacial score (nSPS) is 10.6. The van der Waals surface area contributed by atoms with Gasteiger partial charge in [0.25, 0.3) is 0 Å². The molecule has 90 valence electrons. The van der Waals surface area contributed by atoms with Crippen molar-refractivity contribution < 1.29 is 4.79 Å². The number of carbonyl (C=O) groups is 1. The quantitative estimate of drug-likeness (QED) is 0.661. The maximum atomic E-state index is 11.7. The van der Waals surface area contributed by atoms with Crippen LogP contribution in [0, 0.1) is 0 Å². The van der Waals surface area contributed by atoms with E-state index < -0.39 is 0 Å². The van der Waals surface area contributed by atoms with Gasteiger partial charge in [-0.1, -0.05) is 17.8 Å². The summed E-state index contributed by atoms with van der Waals surface area (Å²) in [5.74, 6) is 0.355. The highest BCUT2D eigenvalue weighted by atomic mass is 32.2. The van der Waals surface area contributed by atoms with Crippen LogP contribution in [0.2, 0.25) is 0 Å². The van der Waals surface area contributed by atoms with Crippen molar-refractivity contribution in [3.8, 4) is 0 Å². The fourth-order valence-corrected chi connectivity index (χ4v) is 2.98. The molecule has 0 unspecified atom stereocenters. The topological polar surface area (TPSA) is 67.8 Å². The van der Waals surface area contributed by atoms with Crippen molar-refractivity contribution in [2.75, 3.05) is 5.75 Å². The van der Waals surface area contributed by atoms with E-state index in [1.165, 1.54) is 27.7 Å². The molecule has 2 heterocycles. The number of nitrogens with zero attached hydrogens (tertiary/aromatic N) is 2. The van der Waals surface area contributed by atoms with Crippen molar-refractivity contribution in [3.05, 3.63) is 32.9 Å². The number of carbonyl (C=O) groups excluding carboxylic acids is 1. The Morgan fingerprint density at radius 2 is 2.47 bits per heavy atom. The molecule has 1 N–H and O–H groups in total. The first-order valence-electron chi connectivity index (χ1n) is 5.07. The molecule has 0 radical (unpaired) electrons. The summed E-state index contributed by atoms with van der Waals surface area (Å²) in [5.41, 5.74) is -0.237. The third kappa shape index (κ3) is 2.67. The molecule has 0 spiro atoms. The molecule has 2 rings (SSSR count). The van der Waals surface area contributed by atoms with Gasteiger partial charge < -0.3 is 0 Å². The first-order valence-corrected chi connectivity index (χ1v) is 6.93. The van der Waals surface area contributed by atoms with Crippen LogP contribution < -0.4 is 5.69 Å². The van der Waals surface area contributed by atoms with Crippen LogP contribution in [0.4, 0.5) is 0 Å². The standard InChI is InChI=1S/C10H11N3O2S2/c1-2-13-9(15)11-12-10(13)17-6-7(14)8-4-3-5-16-8/h3-5H,2,6H2,1H3,(H,11,15). The number of hydrogen-bond acceptors (Lipinski definition) is 5. The van der Waals surface area contributed by atoms with E-state index in [0.29, 0.717) is 17.5 Å². The van der Waals surface area contributed by atoms with Gasteiger partial charge in [-0.2, -0.15) is 0 Å². The van der Waals surface area contributed by atoms with Gasteiger partial charge in [0, 0.05) is 6.54 Å². The molecule has 0 saturated heterocycles. The molecule has 2 aromatic rings. The maximum Gasteiger partial charge on any atom is 0.343 e. The lowest BCUT2D eigenvalue weighted by atomic mass is 10.4. The second-order valence-electron chi connectivity index (χ2n) is 3.24. The van der Waals surface area contributed by atoms with E-state index in [-0.39, 0.29) is 11.5 Å². The average Bonchev–Trinajstić information content (AvgIpc) is 2.95. The van der Waals surface area contributed by atoms with Crippen LogP contribution in [0.25, 0.3) is 0 Å². The van der Waals surface area contributed by atoms with Gasteiger partial charge in [0.05, 0.1) is 10.6 Å². The van der Waals surface area contributed by atoms with E-state index in [9.17, 15) is 9.59 Å². The molecule has 0 fully saturated rings. The number of hydrogen-bond donors (Lipinski definition) is 1. The predicted octanol–water partition coefficient (Wildman–Crippen LogP) is 1.63. The van der Waals surface area contributed by atoms with Crippen LogP contribution >= 0.6 is 23.1 Å². The zero-order valence-corrected chi connectivity index (χ0v) is 10.8. The number of nitrogens with one attached hydrogen (secondary N) is 1. The number of thiophene rings is 1. The van der Waals surface area contributed by atoms with Gasteiger partial charge in [0.2, 0.25) is 0 Å². The smallest absolute Gasteiger partial charge is 0.292 e. The van der Waals surface area contributed by atoms with Gasteiger partial charge in [0.1, 0.15) is 0 Å². The number of H-pyrrole nitrogens is 1. The van der Waals surface area contributed by atoms with Crippen molar-refractivity contribution >= 4 is 28.9 Å². The molecule has 0 aliphatic carbocycles. The molecule has 7 heteroatoms. The summed E-state index contributed by atoms with van der Waals surface area (Å²) in [6, 6.07) is 3.64. The summed E-state index contributed by atoms with van der Waals surface area (Å²) in [6.07, 6.45) is 0. The molecule has 0 bridgehead atoms. The van der Waals surface area contributed by atoms with Crippen LogP contribution in [0.5, 0.6) is 0 Å². The van der Waals surface area contributed by atoms with Gasteiger partial charge in [-0.05, 0) is 18.4 Å². The summed E-state index contributed by atoms with van der Waals surface area (Å²) in [7, 11) is 0. The molecule has 0 aliphatic rings. The second-order valence-corrected chi connectivity index (χ2v) is 5.13. The highest BCUT2D eigenvalue weighted by Gasteiger charge is 2.11. The van der Waals surface area contributed by atoms with Crippen molar-refractivity contribution in [1.29, 1.82) is 0 Å². The maximum absolute atomic E-state index is 11.7. The largest absolute Gasteiger partial charge is 0.343 e. The lowest BCUT2D eigenvalue weighted by Gasteiger charge is -2.00. The molecule has 2 aromatic heterocycles. The first kappa shape index (κ1) is 12.1. The Morgan fingerprint density at radius 3 is 3.12 bits per heavy atom. The zero-order valence-electron chi connectivity index (χ0n) is 9.17. The van der Waals surface area contributed by atoms with Crippen LogP contribution in [-0.2, 0) is 6.54 Å². The van der Waals surface area contributed by atoms with Crippen molar-refractivity contribution in [1.82, 2.24) is 14.8 Å². The van der Waals surface area contributed by atoms with E-state index in [1.807, 2.05) is 18.4 Å². The molecule has 0 saturated carbocycles.